The van der Waals surface area contributed by atoms with E-state index in [1.807, 2.05) is 0 Å². The van der Waals surface area contributed by atoms with E-state index in [1.54, 1.807) is 18.2 Å². The van der Waals surface area contributed by atoms with Crippen LogP contribution in [-0.4, -0.2) is 17.9 Å². The zero-order chi connectivity index (χ0) is 21.7. The molecule has 2 aromatic carbocycles. The summed E-state index contributed by atoms with van der Waals surface area (Å²) in [6, 6.07) is 14.1. The van der Waals surface area contributed by atoms with Crippen LogP contribution in [0.5, 0.6) is 5.75 Å². The van der Waals surface area contributed by atoms with Gasteiger partial charge in [0.25, 0.3) is 11.6 Å². The van der Waals surface area contributed by atoms with Gasteiger partial charge in [0.05, 0.1) is 23.7 Å². The van der Waals surface area contributed by atoms with E-state index >= 15 is 0 Å². The van der Waals surface area contributed by atoms with Gasteiger partial charge in [0.15, 0.2) is 0 Å². The molecule has 0 fully saturated rings. The first-order valence-electron chi connectivity index (χ1n) is 8.52. The van der Waals surface area contributed by atoms with Gasteiger partial charge in [-0.3, -0.25) is 14.9 Å². The van der Waals surface area contributed by atoms with Crippen LogP contribution in [0.4, 0.5) is 15.8 Å². The highest BCUT2D eigenvalue weighted by Gasteiger charge is 2.16. The van der Waals surface area contributed by atoms with Crippen molar-refractivity contribution >= 4 is 23.4 Å². The van der Waals surface area contributed by atoms with Crippen LogP contribution < -0.4 is 10.1 Å². The molecule has 8 nitrogen and oxygen atoms in total. The predicted octanol–water partition coefficient (Wildman–Crippen LogP) is 4.55. The molecular weight excluding hydrogens is 393 g/mol. The highest BCUT2D eigenvalue weighted by Crippen LogP contribution is 2.34. The highest BCUT2D eigenvalue weighted by atomic mass is 19.1. The second-order valence-electron chi connectivity index (χ2n) is 5.97. The van der Waals surface area contributed by atoms with Crippen LogP contribution in [0.25, 0.3) is 17.4 Å². The van der Waals surface area contributed by atoms with Gasteiger partial charge in [-0.2, -0.15) is 5.26 Å². The summed E-state index contributed by atoms with van der Waals surface area (Å²) in [5.74, 6) is -0.340. The zero-order valence-electron chi connectivity index (χ0n) is 15.6. The first-order chi connectivity index (χ1) is 14.4. The Morgan fingerprint density at radius 2 is 1.97 bits per heavy atom. The van der Waals surface area contributed by atoms with E-state index in [-0.39, 0.29) is 22.8 Å². The molecule has 0 aliphatic carbocycles. The molecule has 150 valence electrons. The van der Waals surface area contributed by atoms with Crippen molar-refractivity contribution < 1.29 is 23.3 Å². The number of nitrogens with one attached hydrogen (secondary N) is 1. The summed E-state index contributed by atoms with van der Waals surface area (Å²) >= 11 is 0. The minimum absolute atomic E-state index is 0.133. The third kappa shape index (κ3) is 4.51. The molecule has 0 aliphatic rings. The van der Waals surface area contributed by atoms with Crippen molar-refractivity contribution in [2.75, 3.05) is 12.4 Å². The first-order valence-corrected chi connectivity index (χ1v) is 8.52. The van der Waals surface area contributed by atoms with Gasteiger partial charge in [-0.15, -0.1) is 0 Å². The lowest BCUT2D eigenvalue weighted by atomic mass is 10.1. The van der Waals surface area contributed by atoms with E-state index < -0.39 is 16.6 Å². The fraction of sp³-hybridized carbons (Fsp3) is 0.0476. The Balaban J connectivity index is 1.85. The first kappa shape index (κ1) is 20.3. The Bertz CT molecular complexity index is 1180. The van der Waals surface area contributed by atoms with Crippen molar-refractivity contribution in [3.05, 3.63) is 81.9 Å². The number of nitrogens with zero attached hydrogens (tertiary/aromatic N) is 2. The lowest BCUT2D eigenvalue weighted by molar-refractivity contribution is -0.384. The maximum atomic E-state index is 13.0. The molecule has 1 amide bonds. The molecule has 3 rings (SSSR count). The van der Waals surface area contributed by atoms with Gasteiger partial charge < -0.3 is 14.5 Å². The number of hydrogen-bond acceptors (Lipinski definition) is 6. The van der Waals surface area contributed by atoms with E-state index in [4.69, 9.17) is 9.15 Å². The maximum absolute atomic E-state index is 13.0. The number of methoxy groups -OCH3 is 1. The number of nitro groups is 1. The molecule has 1 N–H and O–H groups in total. The number of amides is 1. The van der Waals surface area contributed by atoms with Crippen LogP contribution in [0.15, 0.2) is 64.6 Å². The van der Waals surface area contributed by atoms with E-state index in [0.717, 1.165) is 0 Å². The van der Waals surface area contributed by atoms with Crippen LogP contribution in [0.1, 0.15) is 5.76 Å². The largest absolute Gasteiger partial charge is 0.496 e. The van der Waals surface area contributed by atoms with Crippen molar-refractivity contribution in [1.82, 2.24) is 0 Å². The number of rotatable bonds is 6. The fourth-order valence-electron chi connectivity index (χ4n) is 2.59. The van der Waals surface area contributed by atoms with E-state index in [1.165, 1.54) is 55.7 Å². The topological polar surface area (TPSA) is 118 Å². The average Bonchev–Trinajstić information content (AvgIpc) is 3.21. The van der Waals surface area contributed by atoms with Crippen LogP contribution in [-0.2, 0) is 4.79 Å². The molecule has 0 aliphatic heterocycles. The summed E-state index contributed by atoms with van der Waals surface area (Å²) < 4.78 is 23.8. The van der Waals surface area contributed by atoms with Crippen LogP contribution in [0.3, 0.4) is 0 Å². The van der Waals surface area contributed by atoms with Gasteiger partial charge in [0.2, 0.25) is 0 Å². The molecule has 0 saturated carbocycles. The van der Waals surface area contributed by atoms with E-state index in [0.29, 0.717) is 17.0 Å². The number of hydrogen-bond donors (Lipinski definition) is 1. The zero-order valence-corrected chi connectivity index (χ0v) is 15.6. The standard InChI is InChI=1S/C21H14FN3O5/c1-29-20-11-16(25(27)28)6-8-18(20)19-9-7-17(30-19)10-13(12-23)21(26)24-15-4-2-14(22)3-5-15/h2-11H,1H3,(H,24,26)/b13-10+. The van der Waals surface area contributed by atoms with Crippen molar-refractivity contribution in [3.8, 4) is 23.1 Å². The van der Waals surface area contributed by atoms with Crippen LogP contribution in [0.2, 0.25) is 0 Å². The van der Waals surface area contributed by atoms with Gasteiger partial charge in [0.1, 0.15) is 34.7 Å². The average molecular weight is 407 g/mol. The number of benzene rings is 2. The van der Waals surface area contributed by atoms with Crippen LogP contribution >= 0.6 is 0 Å². The quantitative estimate of drug-likeness (QED) is 0.277. The van der Waals surface area contributed by atoms with Gasteiger partial charge in [-0.1, -0.05) is 0 Å². The molecule has 9 heteroatoms. The highest BCUT2D eigenvalue weighted by molar-refractivity contribution is 6.09. The van der Waals surface area contributed by atoms with Gasteiger partial charge in [0, 0.05) is 17.8 Å². The Morgan fingerprint density at radius 3 is 2.60 bits per heavy atom. The molecule has 0 radical (unpaired) electrons. The van der Waals surface area contributed by atoms with Gasteiger partial charge >= 0.3 is 0 Å². The SMILES string of the molecule is COc1cc([N+](=O)[O-])ccc1-c1ccc(/C=C(\C#N)C(=O)Nc2ccc(F)cc2)o1. The summed E-state index contributed by atoms with van der Waals surface area (Å²) in [6.07, 6.45) is 1.25. The number of carbonyl (C=O) groups excluding carboxylic acids is 1. The Morgan fingerprint density at radius 1 is 1.23 bits per heavy atom. The molecule has 3 aromatic rings. The Hall–Kier alpha value is -4.45. The number of anilines is 1. The second kappa shape index (κ2) is 8.70. The summed E-state index contributed by atoms with van der Waals surface area (Å²) in [5, 5.41) is 22.7. The molecule has 0 atom stereocenters. The molecular formula is C21H14FN3O5. The van der Waals surface area contributed by atoms with Crippen molar-refractivity contribution in [2.24, 2.45) is 0 Å². The molecule has 0 unspecified atom stereocenters. The number of nitro benzene ring substituents is 1. The molecule has 1 aromatic heterocycles. The fourth-order valence-corrected chi connectivity index (χ4v) is 2.59. The molecule has 0 bridgehead atoms. The molecule has 0 saturated heterocycles. The summed E-state index contributed by atoms with van der Waals surface area (Å²) in [6.45, 7) is 0. The third-order valence-corrected chi connectivity index (χ3v) is 4.04. The predicted molar refractivity (Wildman–Crippen MR) is 106 cm³/mol. The molecule has 1 heterocycles. The lowest BCUT2D eigenvalue weighted by Crippen LogP contribution is -2.13. The third-order valence-electron chi connectivity index (χ3n) is 4.04. The second-order valence-corrected chi connectivity index (χ2v) is 5.97. The van der Waals surface area contributed by atoms with Gasteiger partial charge in [-0.05, 0) is 42.5 Å². The van der Waals surface area contributed by atoms with E-state index in [9.17, 15) is 24.6 Å². The Kier molecular flexibility index (Phi) is 5.89. The lowest BCUT2D eigenvalue weighted by Gasteiger charge is -2.05. The van der Waals surface area contributed by atoms with Gasteiger partial charge in [-0.25, -0.2) is 4.39 Å². The minimum Gasteiger partial charge on any atom is -0.496 e. The molecule has 30 heavy (non-hydrogen) atoms. The number of halogens is 1. The monoisotopic (exact) mass is 407 g/mol. The number of furan rings is 1. The number of ether oxygens (including phenoxy) is 1. The maximum Gasteiger partial charge on any atom is 0.273 e. The van der Waals surface area contributed by atoms with Crippen molar-refractivity contribution in [2.45, 2.75) is 0 Å². The molecule has 0 spiro atoms. The summed E-state index contributed by atoms with van der Waals surface area (Å²) in [7, 11) is 1.37. The van der Waals surface area contributed by atoms with Crippen molar-refractivity contribution in [3.63, 3.8) is 0 Å². The number of carbonyl (C=O) groups is 1. The minimum atomic E-state index is -0.685. The summed E-state index contributed by atoms with van der Waals surface area (Å²) in [4.78, 5) is 22.7. The smallest absolute Gasteiger partial charge is 0.273 e. The number of nitriles is 1. The Labute approximate surface area is 170 Å². The summed E-state index contributed by atoms with van der Waals surface area (Å²) in [5.41, 5.74) is 0.442. The van der Waals surface area contributed by atoms with Crippen molar-refractivity contribution in [1.29, 1.82) is 5.26 Å². The normalized spacial score (nSPS) is 10.9. The number of non-ortho nitro benzene ring substituents is 1. The van der Waals surface area contributed by atoms with Crippen LogP contribution in [0, 0.1) is 27.3 Å². The van der Waals surface area contributed by atoms with E-state index in [2.05, 4.69) is 5.32 Å².